The van der Waals surface area contributed by atoms with Gasteiger partial charge in [0.05, 0.1) is 13.7 Å². The quantitative estimate of drug-likeness (QED) is 0.844. The minimum atomic E-state index is 0.0244. The molecule has 22 heavy (non-hydrogen) atoms. The number of nitrogens with zero attached hydrogens (tertiary/aromatic N) is 3. The topological polar surface area (TPSA) is 57.1 Å². The molecular weight excluding hydrogens is 302 g/mol. The first-order valence-corrected chi connectivity index (χ1v) is 7.64. The van der Waals surface area contributed by atoms with Crippen molar-refractivity contribution in [2.45, 2.75) is 33.6 Å². The normalized spacial score (nSPS) is 21.5. The second-order valence-electron chi connectivity index (χ2n) is 6.61. The van der Waals surface area contributed by atoms with Crippen LogP contribution in [0.3, 0.4) is 0 Å². The Labute approximate surface area is 136 Å². The molecule has 1 aliphatic carbocycles. The molecule has 1 aromatic heterocycles. The average molecular weight is 324 g/mol. The highest BCUT2D eigenvalue weighted by Crippen LogP contribution is 2.31. The van der Waals surface area contributed by atoms with E-state index in [1.165, 1.54) is 7.11 Å². The third-order valence-electron chi connectivity index (χ3n) is 3.22. The first-order valence-electron chi connectivity index (χ1n) is 7.27. The van der Waals surface area contributed by atoms with Gasteiger partial charge >= 0.3 is 6.01 Å². The van der Waals surface area contributed by atoms with Crippen LogP contribution in [-0.2, 0) is 4.74 Å². The van der Waals surface area contributed by atoms with Crippen LogP contribution < -0.4 is 4.74 Å². The van der Waals surface area contributed by atoms with Gasteiger partial charge in [0.15, 0.2) is 0 Å². The van der Waals surface area contributed by atoms with Crippen LogP contribution in [0.1, 0.15) is 39.4 Å². The lowest BCUT2D eigenvalue weighted by Crippen LogP contribution is -2.17. The summed E-state index contributed by atoms with van der Waals surface area (Å²) in [5, 5.41) is 0.140. The fourth-order valence-corrected chi connectivity index (χ4v) is 2.26. The van der Waals surface area contributed by atoms with E-state index in [0.29, 0.717) is 12.4 Å². The van der Waals surface area contributed by atoms with E-state index in [2.05, 4.69) is 48.7 Å². The lowest BCUT2D eigenvalue weighted by Gasteiger charge is -2.24. The van der Waals surface area contributed by atoms with Crippen molar-refractivity contribution in [1.29, 1.82) is 0 Å². The summed E-state index contributed by atoms with van der Waals surface area (Å²) in [5.41, 5.74) is 0.129. The zero-order valence-electron chi connectivity index (χ0n) is 13.6. The van der Waals surface area contributed by atoms with Crippen molar-refractivity contribution in [1.82, 2.24) is 15.0 Å². The van der Waals surface area contributed by atoms with E-state index in [1.54, 1.807) is 0 Å². The largest absolute Gasteiger partial charge is 0.493 e. The summed E-state index contributed by atoms with van der Waals surface area (Å²) in [6, 6.07) is 0.231. The van der Waals surface area contributed by atoms with Gasteiger partial charge in [-0.15, -0.1) is 0 Å². The molecule has 5 nitrogen and oxygen atoms in total. The fourth-order valence-electron chi connectivity index (χ4n) is 2.10. The van der Waals surface area contributed by atoms with Crippen molar-refractivity contribution in [3.8, 4) is 6.01 Å². The summed E-state index contributed by atoms with van der Waals surface area (Å²) in [6.45, 7) is 9.20. The molecule has 2 unspecified atom stereocenters. The lowest BCUT2D eigenvalue weighted by atomic mass is 9.88. The van der Waals surface area contributed by atoms with Gasteiger partial charge in [-0.2, -0.15) is 9.97 Å². The number of ether oxygens (including phenoxy) is 2. The third kappa shape index (κ3) is 4.44. The van der Waals surface area contributed by atoms with Crippen molar-refractivity contribution in [3.05, 3.63) is 35.1 Å². The van der Waals surface area contributed by atoms with E-state index < -0.39 is 0 Å². The molecule has 1 aliphatic rings. The Morgan fingerprint density at radius 3 is 2.55 bits per heavy atom. The average Bonchev–Trinajstić information content (AvgIpc) is 2.43. The molecule has 0 saturated carbocycles. The van der Waals surface area contributed by atoms with Crippen molar-refractivity contribution in [3.63, 3.8) is 0 Å². The number of methoxy groups -OCH3 is 1. The van der Waals surface area contributed by atoms with Crippen LogP contribution in [0.2, 0.25) is 5.28 Å². The molecule has 0 fully saturated rings. The minimum Gasteiger partial charge on any atom is -0.493 e. The van der Waals surface area contributed by atoms with E-state index in [-0.39, 0.29) is 28.5 Å². The van der Waals surface area contributed by atoms with E-state index in [9.17, 15) is 0 Å². The Kier molecular flexibility index (Phi) is 5.06. The molecule has 0 amide bonds. The predicted octanol–water partition coefficient (Wildman–Crippen LogP) is 3.77. The second kappa shape index (κ2) is 6.65. The first kappa shape index (κ1) is 16.7. The zero-order chi connectivity index (χ0) is 16.3. The highest BCUT2D eigenvalue weighted by atomic mass is 35.5. The van der Waals surface area contributed by atoms with Gasteiger partial charge in [0.1, 0.15) is 11.6 Å². The summed E-state index contributed by atoms with van der Waals surface area (Å²) in [7, 11) is 1.51. The van der Waals surface area contributed by atoms with E-state index >= 15 is 0 Å². The molecular formula is C16H22ClN3O2. The van der Waals surface area contributed by atoms with Gasteiger partial charge in [-0.1, -0.05) is 33.8 Å². The number of hydrogen-bond acceptors (Lipinski definition) is 5. The fraction of sp³-hybridized carbons (Fsp3) is 0.562. The Hall–Kier alpha value is -1.62. The van der Waals surface area contributed by atoms with E-state index in [0.717, 1.165) is 5.76 Å². The first-order chi connectivity index (χ1) is 10.3. The summed E-state index contributed by atoms with van der Waals surface area (Å²) in [4.78, 5) is 12.4. The van der Waals surface area contributed by atoms with Crippen LogP contribution in [0.5, 0.6) is 6.01 Å². The van der Waals surface area contributed by atoms with Gasteiger partial charge < -0.3 is 9.47 Å². The van der Waals surface area contributed by atoms with Crippen LogP contribution in [0.25, 0.3) is 0 Å². The molecule has 1 heterocycles. The molecule has 0 aliphatic heterocycles. The number of rotatable bonds is 4. The van der Waals surface area contributed by atoms with Gasteiger partial charge in [0.2, 0.25) is 5.28 Å². The SMILES string of the molecule is COc1nc(Cl)nc(C2C=CC(OCC(C)(C)C)=CC2C)n1. The molecule has 0 aromatic carbocycles. The highest BCUT2D eigenvalue weighted by molar-refractivity contribution is 6.28. The molecule has 1 aromatic rings. The Balaban J connectivity index is 2.12. The maximum absolute atomic E-state index is 5.92. The van der Waals surface area contributed by atoms with Gasteiger partial charge in [-0.3, -0.25) is 0 Å². The Bertz CT molecular complexity index is 594. The van der Waals surface area contributed by atoms with Crippen LogP contribution in [0.15, 0.2) is 24.0 Å². The van der Waals surface area contributed by atoms with Gasteiger partial charge in [-0.05, 0) is 35.1 Å². The zero-order valence-corrected chi connectivity index (χ0v) is 14.4. The van der Waals surface area contributed by atoms with Gasteiger partial charge in [-0.25, -0.2) is 4.98 Å². The molecule has 0 spiro atoms. The highest BCUT2D eigenvalue weighted by Gasteiger charge is 2.24. The second-order valence-corrected chi connectivity index (χ2v) is 6.95. The van der Waals surface area contributed by atoms with Crippen LogP contribution in [0, 0.1) is 11.3 Å². The van der Waals surface area contributed by atoms with Crippen molar-refractivity contribution >= 4 is 11.6 Å². The predicted molar refractivity (Wildman–Crippen MR) is 85.9 cm³/mol. The number of hydrogen-bond donors (Lipinski definition) is 0. The van der Waals surface area contributed by atoms with Crippen molar-refractivity contribution in [2.75, 3.05) is 13.7 Å². The Morgan fingerprint density at radius 1 is 1.23 bits per heavy atom. The molecule has 2 atom stereocenters. The lowest BCUT2D eigenvalue weighted by molar-refractivity contribution is 0.133. The summed E-state index contributed by atoms with van der Waals surface area (Å²) in [5.74, 6) is 1.71. The molecule has 0 N–H and O–H groups in total. The van der Waals surface area contributed by atoms with Gasteiger partial charge in [0.25, 0.3) is 0 Å². The number of allylic oxidation sites excluding steroid dienone is 3. The monoisotopic (exact) mass is 323 g/mol. The summed E-state index contributed by atoms with van der Waals surface area (Å²) >= 11 is 5.92. The molecule has 2 rings (SSSR count). The minimum absolute atomic E-state index is 0.0244. The molecule has 0 saturated heterocycles. The molecule has 6 heteroatoms. The third-order valence-corrected chi connectivity index (χ3v) is 3.39. The van der Waals surface area contributed by atoms with Crippen LogP contribution >= 0.6 is 11.6 Å². The van der Waals surface area contributed by atoms with E-state index in [4.69, 9.17) is 21.1 Å². The Morgan fingerprint density at radius 2 is 1.95 bits per heavy atom. The van der Waals surface area contributed by atoms with Gasteiger partial charge in [0, 0.05) is 5.92 Å². The maximum Gasteiger partial charge on any atom is 0.320 e. The number of aromatic nitrogens is 3. The molecule has 120 valence electrons. The van der Waals surface area contributed by atoms with Crippen molar-refractivity contribution < 1.29 is 9.47 Å². The standard InChI is InChI=1S/C16H22ClN3O2/c1-10-8-11(22-9-16(2,3)4)6-7-12(10)13-18-14(17)20-15(19-13)21-5/h6-8,10,12H,9H2,1-5H3. The maximum atomic E-state index is 5.92. The summed E-state index contributed by atoms with van der Waals surface area (Å²) < 4.78 is 10.9. The molecule has 0 radical (unpaired) electrons. The van der Waals surface area contributed by atoms with Crippen LogP contribution in [-0.4, -0.2) is 28.7 Å². The summed E-state index contributed by atoms with van der Waals surface area (Å²) in [6.07, 6.45) is 6.08. The van der Waals surface area contributed by atoms with Crippen LogP contribution in [0.4, 0.5) is 0 Å². The number of halogens is 1. The molecule has 0 bridgehead atoms. The van der Waals surface area contributed by atoms with Crippen molar-refractivity contribution in [2.24, 2.45) is 11.3 Å². The van der Waals surface area contributed by atoms with E-state index in [1.807, 2.05) is 12.2 Å². The smallest absolute Gasteiger partial charge is 0.320 e.